The first-order valence-corrected chi connectivity index (χ1v) is 11.6. The molecule has 1 saturated carbocycles. The lowest BCUT2D eigenvalue weighted by Crippen LogP contribution is -2.52. The molecule has 2 saturated heterocycles. The molecule has 2 aromatic carbocycles. The summed E-state index contributed by atoms with van der Waals surface area (Å²) in [4.78, 5) is 2.50. The summed E-state index contributed by atoms with van der Waals surface area (Å²) in [5, 5.41) is 0. The van der Waals surface area contributed by atoms with Crippen LogP contribution >= 0.6 is 0 Å². The highest BCUT2D eigenvalue weighted by Gasteiger charge is 2.41. The molecule has 1 unspecified atom stereocenters. The minimum absolute atomic E-state index is 0.379. The molecule has 0 aromatic heterocycles. The average Bonchev–Trinajstić information content (AvgIpc) is 3.58. The zero-order valence-corrected chi connectivity index (χ0v) is 18.2. The number of benzene rings is 2. The summed E-state index contributed by atoms with van der Waals surface area (Å²) in [5.74, 6) is 2.06. The highest BCUT2D eigenvalue weighted by molar-refractivity contribution is 5.39. The maximum Gasteiger partial charge on any atom is 0.416 e. The molecular formula is C26H30F3NO2. The largest absolute Gasteiger partial charge is 0.493 e. The van der Waals surface area contributed by atoms with Crippen molar-refractivity contribution in [2.24, 2.45) is 23.7 Å². The topological polar surface area (TPSA) is 21.7 Å². The van der Waals surface area contributed by atoms with E-state index in [2.05, 4.69) is 29.2 Å². The second-order valence-electron chi connectivity index (χ2n) is 9.68. The quantitative estimate of drug-likeness (QED) is 0.567. The Balaban J connectivity index is 1.31. The fraction of sp³-hybridized carbons (Fsp3) is 0.538. The predicted octanol–water partition coefficient (Wildman–Crippen LogP) is 5.43. The van der Waals surface area contributed by atoms with Gasteiger partial charge in [-0.05, 0) is 66.2 Å². The lowest BCUT2D eigenvalue weighted by molar-refractivity contribution is -0.137. The minimum atomic E-state index is -4.36. The summed E-state index contributed by atoms with van der Waals surface area (Å²) in [6.07, 6.45) is -1.40. The molecule has 2 aromatic rings. The second-order valence-corrected chi connectivity index (χ2v) is 9.68. The van der Waals surface area contributed by atoms with Crippen molar-refractivity contribution in [3.63, 3.8) is 0 Å². The molecule has 172 valence electrons. The lowest BCUT2D eigenvalue weighted by atomic mass is 9.73. The SMILES string of the molecule is FC(F)(F)c1ccc(CC2[C@@H]3COC[C@H]2CN(Cc2ccccc2)C3)c(OCC2CC2)c1. The molecule has 0 N–H and O–H groups in total. The highest BCUT2D eigenvalue weighted by atomic mass is 19.4. The number of piperidine rings is 1. The first-order valence-electron chi connectivity index (χ1n) is 11.6. The van der Waals surface area contributed by atoms with Gasteiger partial charge in [0, 0.05) is 19.6 Å². The third-order valence-electron chi connectivity index (χ3n) is 7.13. The van der Waals surface area contributed by atoms with E-state index >= 15 is 0 Å². The number of likely N-dealkylation sites (tertiary alicyclic amines) is 1. The molecule has 5 rings (SSSR count). The summed E-state index contributed by atoms with van der Waals surface area (Å²) in [5.41, 5.74) is 1.58. The Morgan fingerprint density at radius 1 is 0.969 bits per heavy atom. The molecule has 3 atom stereocenters. The summed E-state index contributed by atoms with van der Waals surface area (Å²) in [6.45, 7) is 4.77. The third kappa shape index (κ3) is 5.12. The van der Waals surface area contributed by atoms with Crippen LogP contribution in [0.25, 0.3) is 0 Å². The van der Waals surface area contributed by atoms with Gasteiger partial charge in [-0.3, -0.25) is 4.90 Å². The molecule has 0 spiro atoms. The van der Waals surface area contributed by atoms with Gasteiger partial charge in [0.15, 0.2) is 0 Å². The van der Waals surface area contributed by atoms with Crippen molar-refractivity contribution in [3.8, 4) is 5.75 Å². The maximum atomic E-state index is 13.3. The van der Waals surface area contributed by atoms with Gasteiger partial charge in [-0.2, -0.15) is 13.2 Å². The zero-order valence-electron chi connectivity index (χ0n) is 18.2. The van der Waals surface area contributed by atoms with Gasteiger partial charge in [0.25, 0.3) is 0 Å². The molecular weight excluding hydrogens is 415 g/mol. The molecule has 2 bridgehead atoms. The average molecular weight is 446 g/mol. The Morgan fingerprint density at radius 2 is 1.69 bits per heavy atom. The van der Waals surface area contributed by atoms with Crippen molar-refractivity contribution >= 4 is 0 Å². The van der Waals surface area contributed by atoms with Crippen LogP contribution in [0.15, 0.2) is 48.5 Å². The standard InChI is InChI=1S/C26H30F3NO2/c27-26(28,29)23-9-8-20(25(11-23)32-15-19-6-7-19)10-24-21-13-30(14-22(24)17-31-16-21)12-18-4-2-1-3-5-18/h1-5,8-9,11,19,21-22,24H,6-7,10,12-17H2/t21-,22+,24?. The van der Waals surface area contributed by atoms with Gasteiger partial charge >= 0.3 is 6.18 Å². The van der Waals surface area contributed by atoms with Crippen LogP contribution in [-0.4, -0.2) is 37.8 Å². The van der Waals surface area contributed by atoms with Crippen LogP contribution in [0.1, 0.15) is 29.5 Å². The maximum absolute atomic E-state index is 13.3. The van der Waals surface area contributed by atoms with Crippen molar-refractivity contribution in [1.82, 2.24) is 4.90 Å². The van der Waals surface area contributed by atoms with E-state index in [0.717, 1.165) is 44.5 Å². The normalized spacial score (nSPS) is 26.2. The Hall–Kier alpha value is -2.05. The summed E-state index contributed by atoms with van der Waals surface area (Å²) >= 11 is 0. The van der Waals surface area contributed by atoms with Crippen molar-refractivity contribution < 1.29 is 22.6 Å². The molecule has 2 heterocycles. The monoisotopic (exact) mass is 445 g/mol. The first kappa shape index (κ1) is 21.8. The van der Waals surface area contributed by atoms with Gasteiger partial charge in [0.1, 0.15) is 5.75 Å². The molecule has 1 aliphatic carbocycles. The van der Waals surface area contributed by atoms with Crippen LogP contribution in [0.3, 0.4) is 0 Å². The van der Waals surface area contributed by atoms with Gasteiger partial charge in [0.05, 0.1) is 25.4 Å². The van der Waals surface area contributed by atoms with Crippen LogP contribution in [0.5, 0.6) is 5.75 Å². The van der Waals surface area contributed by atoms with Crippen molar-refractivity contribution in [1.29, 1.82) is 0 Å². The van der Waals surface area contributed by atoms with E-state index in [1.165, 1.54) is 17.7 Å². The minimum Gasteiger partial charge on any atom is -0.493 e. The number of ether oxygens (including phenoxy) is 2. The first-order chi connectivity index (χ1) is 15.5. The number of hydrogen-bond donors (Lipinski definition) is 0. The number of alkyl halides is 3. The van der Waals surface area contributed by atoms with Crippen molar-refractivity contribution in [2.45, 2.75) is 32.0 Å². The Kier molecular flexibility index (Phi) is 6.17. The van der Waals surface area contributed by atoms with E-state index in [-0.39, 0.29) is 0 Å². The van der Waals surface area contributed by atoms with Crippen LogP contribution in [0.4, 0.5) is 13.2 Å². The number of halogens is 3. The summed E-state index contributed by atoms with van der Waals surface area (Å²) in [7, 11) is 0. The fourth-order valence-corrected chi connectivity index (χ4v) is 5.20. The second kappa shape index (κ2) is 9.06. The van der Waals surface area contributed by atoms with E-state index in [0.29, 0.717) is 49.2 Å². The van der Waals surface area contributed by atoms with Gasteiger partial charge < -0.3 is 9.47 Å². The molecule has 0 amide bonds. The molecule has 2 aliphatic heterocycles. The van der Waals surface area contributed by atoms with E-state index < -0.39 is 11.7 Å². The van der Waals surface area contributed by atoms with Gasteiger partial charge in [-0.15, -0.1) is 0 Å². The number of hydrogen-bond acceptors (Lipinski definition) is 3. The number of rotatable bonds is 7. The van der Waals surface area contributed by atoms with E-state index in [9.17, 15) is 13.2 Å². The Bertz CT molecular complexity index is 899. The van der Waals surface area contributed by atoms with Crippen LogP contribution < -0.4 is 4.74 Å². The van der Waals surface area contributed by atoms with E-state index in [1.54, 1.807) is 6.07 Å². The molecule has 3 fully saturated rings. The zero-order chi connectivity index (χ0) is 22.1. The van der Waals surface area contributed by atoms with Crippen LogP contribution in [0.2, 0.25) is 0 Å². The predicted molar refractivity (Wildman–Crippen MR) is 116 cm³/mol. The van der Waals surface area contributed by atoms with Crippen LogP contribution in [-0.2, 0) is 23.9 Å². The van der Waals surface area contributed by atoms with Gasteiger partial charge in [-0.25, -0.2) is 0 Å². The van der Waals surface area contributed by atoms with Crippen LogP contribution in [0, 0.1) is 23.7 Å². The molecule has 0 radical (unpaired) electrons. The highest BCUT2D eigenvalue weighted by Crippen LogP contribution is 2.40. The Morgan fingerprint density at radius 3 is 2.34 bits per heavy atom. The van der Waals surface area contributed by atoms with Crippen molar-refractivity contribution in [2.75, 3.05) is 32.9 Å². The third-order valence-corrected chi connectivity index (χ3v) is 7.13. The molecule has 32 heavy (non-hydrogen) atoms. The van der Waals surface area contributed by atoms with E-state index in [1.807, 2.05) is 6.07 Å². The number of fused-ring (bicyclic) bond motifs is 2. The smallest absolute Gasteiger partial charge is 0.416 e. The van der Waals surface area contributed by atoms with Gasteiger partial charge in [-0.1, -0.05) is 36.4 Å². The van der Waals surface area contributed by atoms with E-state index in [4.69, 9.17) is 9.47 Å². The Labute approximate surface area is 187 Å². The molecule has 6 heteroatoms. The summed E-state index contributed by atoms with van der Waals surface area (Å²) in [6, 6.07) is 14.5. The molecule has 3 aliphatic rings. The molecule has 3 nitrogen and oxygen atoms in total. The van der Waals surface area contributed by atoms with Gasteiger partial charge in [0.2, 0.25) is 0 Å². The van der Waals surface area contributed by atoms with Crippen molar-refractivity contribution in [3.05, 3.63) is 65.2 Å². The fourth-order valence-electron chi connectivity index (χ4n) is 5.20. The lowest BCUT2D eigenvalue weighted by Gasteiger charge is -2.47. The summed E-state index contributed by atoms with van der Waals surface area (Å²) < 4.78 is 51.7. The number of nitrogens with zero attached hydrogens (tertiary/aromatic N) is 1.